The summed E-state index contributed by atoms with van der Waals surface area (Å²) in [5.74, 6) is -0.278. The Hall–Kier alpha value is -2.99. The third-order valence-electron chi connectivity index (χ3n) is 9.18. The van der Waals surface area contributed by atoms with Crippen molar-refractivity contribution in [2.24, 2.45) is 11.8 Å². The van der Waals surface area contributed by atoms with Gasteiger partial charge in [-0.25, -0.2) is 8.42 Å². The number of rotatable bonds is 8. The predicted octanol–water partition coefficient (Wildman–Crippen LogP) is 5.32. The zero-order chi connectivity index (χ0) is 33.3. The summed E-state index contributed by atoms with van der Waals surface area (Å²) in [6.07, 6.45) is 6.58. The summed E-state index contributed by atoms with van der Waals surface area (Å²) in [7, 11) is -2.21. The van der Waals surface area contributed by atoms with Crippen molar-refractivity contribution in [3.8, 4) is 5.75 Å². The van der Waals surface area contributed by atoms with Crippen molar-refractivity contribution in [1.82, 2.24) is 9.21 Å². The van der Waals surface area contributed by atoms with Crippen LogP contribution in [0.2, 0.25) is 0 Å². The van der Waals surface area contributed by atoms with Crippen molar-refractivity contribution >= 4 is 27.5 Å². The summed E-state index contributed by atoms with van der Waals surface area (Å²) >= 11 is 0. The maximum absolute atomic E-state index is 14.3. The zero-order valence-corrected chi connectivity index (χ0v) is 28.5. The van der Waals surface area contributed by atoms with Gasteiger partial charge in [-0.1, -0.05) is 44.4 Å². The van der Waals surface area contributed by atoms with Crippen LogP contribution in [0.4, 0.5) is 5.69 Å². The lowest BCUT2D eigenvalue weighted by molar-refractivity contribution is -0.120. The molecule has 0 unspecified atom stereocenters. The summed E-state index contributed by atoms with van der Waals surface area (Å²) in [6, 6.07) is 12.9. The van der Waals surface area contributed by atoms with E-state index < -0.39 is 22.2 Å². The summed E-state index contributed by atoms with van der Waals surface area (Å²) in [6.45, 7) is 6.14. The van der Waals surface area contributed by atoms with Gasteiger partial charge >= 0.3 is 0 Å². The van der Waals surface area contributed by atoms with E-state index in [-0.39, 0.29) is 54.3 Å². The highest BCUT2D eigenvalue weighted by Crippen LogP contribution is 2.30. The van der Waals surface area contributed by atoms with E-state index in [0.29, 0.717) is 23.6 Å². The van der Waals surface area contributed by atoms with Gasteiger partial charge in [-0.2, -0.15) is 4.31 Å². The first kappa shape index (κ1) is 35.9. The fourth-order valence-corrected chi connectivity index (χ4v) is 7.40. The summed E-state index contributed by atoms with van der Waals surface area (Å²) in [5.41, 5.74) is 0.831. The quantitative estimate of drug-likeness (QED) is 0.394. The van der Waals surface area contributed by atoms with Crippen molar-refractivity contribution in [1.29, 1.82) is 0 Å². The molecule has 2 aromatic carbocycles. The molecule has 0 aromatic heterocycles. The van der Waals surface area contributed by atoms with Gasteiger partial charge in [-0.15, -0.1) is 0 Å². The summed E-state index contributed by atoms with van der Waals surface area (Å²) < 4.78 is 40.6. The Labute approximate surface area is 274 Å². The molecule has 46 heavy (non-hydrogen) atoms. The number of nitrogens with zero attached hydrogens (tertiary/aromatic N) is 2. The lowest BCUT2D eigenvalue weighted by Gasteiger charge is -2.35. The molecular formula is C35H51N3O7S. The van der Waals surface area contributed by atoms with Crippen molar-refractivity contribution in [3.05, 3.63) is 54.1 Å². The van der Waals surface area contributed by atoms with Crippen LogP contribution in [0.15, 0.2) is 53.4 Å². The molecule has 1 aliphatic heterocycles. The van der Waals surface area contributed by atoms with E-state index in [9.17, 15) is 23.1 Å². The average Bonchev–Trinajstić information content (AvgIpc) is 3.06. The van der Waals surface area contributed by atoms with E-state index in [4.69, 9.17) is 9.47 Å². The van der Waals surface area contributed by atoms with E-state index in [0.717, 1.165) is 51.4 Å². The smallest absolute Gasteiger partial charge is 0.258 e. The van der Waals surface area contributed by atoms with Crippen molar-refractivity contribution < 1.29 is 32.6 Å². The Morgan fingerprint density at radius 1 is 1.04 bits per heavy atom. The van der Waals surface area contributed by atoms with Gasteiger partial charge in [0, 0.05) is 44.3 Å². The zero-order valence-electron chi connectivity index (χ0n) is 27.7. The molecule has 0 saturated heterocycles. The minimum atomic E-state index is -3.76. The maximum Gasteiger partial charge on any atom is 0.258 e. The number of hydrogen-bond donors (Lipinski definition) is 2. The number of likely N-dealkylation sites (N-methyl/N-ethyl adjacent to an activating group) is 1. The van der Waals surface area contributed by atoms with Gasteiger partial charge < -0.3 is 24.8 Å². The second-order valence-corrected chi connectivity index (χ2v) is 15.0. The largest absolute Gasteiger partial charge is 0.490 e. The molecule has 11 heteroatoms. The number of hydrogen-bond acceptors (Lipinski definition) is 7. The Morgan fingerprint density at radius 3 is 2.43 bits per heavy atom. The summed E-state index contributed by atoms with van der Waals surface area (Å²) in [4.78, 5) is 29.2. The van der Waals surface area contributed by atoms with Crippen LogP contribution in [-0.2, 0) is 19.6 Å². The van der Waals surface area contributed by atoms with E-state index in [1.165, 1.54) is 4.31 Å². The molecule has 254 valence electrons. The molecule has 1 heterocycles. The van der Waals surface area contributed by atoms with Crippen LogP contribution in [0.1, 0.15) is 82.5 Å². The van der Waals surface area contributed by atoms with Crippen molar-refractivity contribution in [3.63, 3.8) is 0 Å². The molecule has 4 rings (SSSR count). The molecule has 0 spiro atoms. The molecule has 1 aliphatic carbocycles. The van der Waals surface area contributed by atoms with E-state index in [2.05, 4.69) is 5.32 Å². The van der Waals surface area contributed by atoms with Crippen LogP contribution in [0.3, 0.4) is 0 Å². The second kappa shape index (κ2) is 16.7. The molecule has 0 bridgehead atoms. The van der Waals surface area contributed by atoms with Crippen LogP contribution >= 0.6 is 0 Å². The number of anilines is 1. The van der Waals surface area contributed by atoms with Gasteiger partial charge in [-0.05, 0) is 76.3 Å². The highest BCUT2D eigenvalue weighted by atomic mass is 32.2. The monoisotopic (exact) mass is 657 g/mol. The van der Waals surface area contributed by atoms with Gasteiger partial charge in [0.25, 0.3) is 5.91 Å². The first-order chi connectivity index (χ1) is 22.0. The van der Waals surface area contributed by atoms with Gasteiger partial charge in [0.1, 0.15) is 5.75 Å². The molecule has 4 atom stereocenters. The number of fused-ring (bicyclic) bond motifs is 1. The van der Waals surface area contributed by atoms with Crippen molar-refractivity contribution in [2.45, 2.75) is 95.3 Å². The van der Waals surface area contributed by atoms with Gasteiger partial charge in [0.2, 0.25) is 15.9 Å². The molecule has 2 amide bonds. The first-order valence-electron chi connectivity index (χ1n) is 16.7. The number of nitrogens with one attached hydrogen (secondary N) is 1. The molecule has 2 aromatic rings. The Morgan fingerprint density at radius 2 is 1.74 bits per heavy atom. The lowest BCUT2D eigenvalue weighted by Crippen LogP contribution is -2.48. The van der Waals surface area contributed by atoms with Crippen LogP contribution in [0.25, 0.3) is 0 Å². The van der Waals surface area contributed by atoms with Gasteiger partial charge in [0.15, 0.2) is 0 Å². The SMILES string of the molecule is C[C@@H]1CCCCO[C@@H](CN(C)S(=O)(=O)c2ccccc2)[C@H](C)CN([C@H](C)CO)C(=O)c2cc(NC(=O)C3CCCCC3)ccc2O1. The minimum Gasteiger partial charge on any atom is -0.490 e. The first-order valence-corrected chi connectivity index (χ1v) is 18.1. The number of amides is 2. The third kappa shape index (κ3) is 9.30. The molecule has 2 aliphatic rings. The number of ether oxygens (including phenoxy) is 2. The highest BCUT2D eigenvalue weighted by molar-refractivity contribution is 7.89. The molecule has 1 fully saturated rings. The highest BCUT2D eigenvalue weighted by Gasteiger charge is 2.32. The van der Waals surface area contributed by atoms with Crippen molar-refractivity contribution in [2.75, 3.05) is 38.7 Å². The number of carbonyl (C=O) groups is 2. The Kier molecular flexibility index (Phi) is 13.0. The molecular weight excluding hydrogens is 606 g/mol. The lowest BCUT2D eigenvalue weighted by atomic mass is 9.88. The fraction of sp³-hybridized carbons (Fsp3) is 0.600. The fourth-order valence-electron chi connectivity index (χ4n) is 6.20. The van der Waals surface area contributed by atoms with Crippen LogP contribution in [0.5, 0.6) is 5.75 Å². The Bertz CT molecular complexity index is 1400. The second-order valence-electron chi connectivity index (χ2n) is 12.9. The molecule has 2 N–H and O–H groups in total. The van der Waals surface area contributed by atoms with E-state index >= 15 is 0 Å². The normalized spacial score (nSPS) is 23.2. The number of benzene rings is 2. The van der Waals surface area contributed by atoms with Gasteiger partial charge in [-0.3, -0.25) is 9.59 Å². The van der Waals surface area contributed by atoms with Gasteiger partial charge in [0.05, 0.1) is 35.3 Å². The van der Waals surface area contributed by atoms with E-state index in [1.807, 2.05) is 13.8 Å². The van der Waals surface area contributed by atoms with Crippen LogP contribution < -0.4 is 10.1 Å². The number of aliphatic hydroxyl groups excluding tert-OH is 1. The third-order valence-corrected chi connectivity index (χ3v) is 11.0. The number of carbonyl (C=O) groups excluding carboxylic acids is 2. The standard InChI is InChI=1S/C35H51N3O7S/c1-25-22-38(26(2)24-39)35(41)31-21-29(36-34(40)28-14-7-5-8-15-28)18-19-32(31)45-27(3)13-11-12-20-44-33(25)23-37(4)46(42,43)30-16-9-6-10-17-30/h6,9-10,16-19,21,25-28,33,39H,5,7-8,11-15,20,22-24H2,1-4H3,(H,36,40)/t25-,26-,27-,33+/m1/s1. The minimum absolute atomic E-state index is 0.0361. The molecule has 10 nitrogen and oxygen atoms in total. The Balaban J connectivity index is 1.63. The number of aliphatic hydroxyl groups is 1. The average molecular weight is 658 g/mol. The van der Waals surface area contributed by atoms with Crippen LogP contribution in [0, 0.1) is 11.8 Å². The topological polar surface area (TPSA) is 125 Å². The maximum atomic E-state index is 14.3. The van der Waals surface area contributed by atoms with E-state index in [1.54, 1.807) is 67.4 Å². The predicted molar refractivity (Wildman–Crippen MR) is 178 cm³/mol. The molecule has 1 saturated carbocycles. The van der Waals surface area contributed by atoms with Crippen LogP contribution in [-0.4, -0.2) is 86.1 Å². The summed E-state index contributed by atoms with van der Waals surface area (Å²) in [5, 5.41) is 13.2. The number of sulfonamides is 1. The molecule has 0 radical (unpaired) electrons.